The van der Waals surface area contributed by atoms with Gasteiger partial charge in [0.1, 0.15) is 6.10 Å². The average molecular weight is 294 g/mol. The van der Waals surface area contributed by atoms with Crippen LogP contribution in [0.3, 0.4) is 0 Å². The highest BCUT2D eigenvalue weighted by Gasteiger charge is 2.42. The standard InChI is InChI=1S/C17H26O4/c1-10(2)16(18)20-12(4)17(19)21-15-9-11(3)13-7-5-6-8-14(13)15/h10,12-15H,3,5-9H2,1-2,4H3/t12-,13-,14-,15-/m0/s1. The van der Waals surface area contributed by atoms with Gasteiger partial charge in [0.25, 0.3) is 0 Å². The molecule has 118 valence electrons. The molecule has 2 aliphatic rings. The molecule has 0 saturated heterocycles. The third kappa shape index (κ3) is 3.66. The maximum Gasteiger partial charge on any atom is 0.347 e. The highest BCUT2D eigenvalue weighted by Crippen LogP contribution is 2.46. The van der Waals surface area contributed by atoms with Crippen LogP contribution < -0.4 is 0 Å². The minimum atomic E-state index is -0.837. The van der Waals surface area contributed by atoms with Gasteiger partial charge < -0.3 is 9.47 Å². The number of fused-ring (bicyclic) bond motifs is 1. The normalized spacial score (nSPS) is 29.9. The van der Waals surface area contributed by atoms with Gasteiger partial charge in [0.05, 0.1) is 5.92 Å². The largest absolute Gasteiger partial charge is 0.459 e. The summed E-state index contributed by atoms with van der Waals surface area (Å²) >= 11 is 0. The summed E-state index contributed by atoms with van der Waals surface area (Å²) in [5.74, 6) is -0.138. The van der Waals surface area contributed by atoms with Crippen LogP contribution in [0.2, 0.25) is 0 Å². The van der Waals surface area contributed by atoms with E-state index in [1.165, 1.54) is 18.4 Å². The van der Waals surface area contributed by atoms with Crippen molar-refractivity contribution in [1.29, 1.82) is 0 Å². The first-order chi connectivity index (χ1) is 9.90. The third-order valence-corrected chi connectivity index (χ3v) is 4.65. The van der Waals surface area contributed by atoms with Crippen molar-refractivity contribution in [3.63, 3.8) is 0 Å². The Balaban J connectivity index is 1.90. The summed E-state index contributed by atoms with van der Waals surface area (Å²) in [6.07, 6.45) is 4.53. The summed E-state index contributed by atoms with van der Waals surface area (Å²) in [7, 11) is 0. The van der Waals surface area contributed by atoms with Gasteiger partial charge in [-0.1, -0.05) is 38.8 Å². The Labute approximate surface area is 126 Å². The predicted molar refractivity (Wildman–Crippen MR) is 79.5 cm³/mol. The van der Waals surface area contributed by atoms with E-state index in [9.17, 15) is 9.59 Å². The number of hydrogen-bond donors (Lipinski definition) is 0. The summed E-state index contributed by atoms with van der Waals surface area (Å²) < 4.78 is 10.7. The summed E-state index contributed by atoms with van der Waals surface area (Å²) in [5, 5.41) is 0. The van der Waals surface area contributed by atoms with E-state index in [0.29, 0.717) is 11.8 Å². The smallest absolute Gasteiger partial charge is 0.347 e. The highest BCUT2D eigenvalue weighted by atomic mass is 16.6. The van der Waals surface area contributed by atoms with Gasteiger partial charge in [0, 0.05) is 12.3 Å². The van der Waals surface area contributed by atoms with Gasteiger partial charge in [0.15, 0.2) is 6.10 Å². The Kier molecular flexibility index (Phi) is 5.07. The van der Waals surface area contributed by atoms with Crippen LogP contribution in [-0.4, -0.2) is 24.1 Å². The number of rotatable bonds is 4. The number of esters is 2. The van der Waals surface area contributed by atoms with Crippen LogP contribution in [0.5, 0.6) is 0 Å². The molecule has 0 aromatic heterocycles. The summed E-state index contributed by atoms with van der Waals surface area (Å²) in [4.78, 5) is 23.6. The Morgan fingerprint density at radius 1 is 1.14 bits per heavy atom. The van der Waals surface area contributed by atoms with Crippen LogP contribution >= 0.6 is 0 Å². The van der Waals surface area contributed by atoms with Crippen LogP contribution in [-0.2, 0) is 19.1 Å². The molecular weight excluding hydrogens is 268 g/mol. The van der Waals surface area contributed by atoms with Crippen molar-refractivity contribution in [2.75, 3.05) is 0 Å². The Morgan fingerprint density at radius 2 is 1.81 bits per heavy atom. The molecule has 4 nitrogen and oxygen atoms in total. The molecule has 21 heavy (non-hydrogen) atoms. The molecule has 4 heteroatoms. The highest BCUT2D eigenvalue weighted by molar-refractivity contribution is 5.79. The third-order valence-electron chi connectivity index (χ3n) is 4.65. The van der Waals surface area contributed by atoms with Gasteiger partial charge >= 0.3 is 11.9 Å². The van der Waals surface area contributed by atoms with Crippen LogP contribution in [0.25, 0.3) is 0 Å². The first-order valence-corrected chi connectivity index (χ1v) is 7.98. The van der Waals surface area contributed by atoms with Gasteiger partial charge in [0.2, 0.25) is 0 Å². The van der Waals surface area contributed by atoms with E-state index < -0.39 is 12.1 Å². The lowest BCUT2D eigenvalue weighted by Gasteiger charge is -2.29. The molecule has 2 saturated carbocycles. The molecule has 0 aromatic carbocycles. The molecule has 0 N–H and O–H groups in total. The number of carbonyl (C=O) groups is 2. The molecule has 0 spiro atoms. The zero-order valence-corrected chi connectivity index (χ0v) is 13.3. The van der Waals surface area contributed by atoms with Crippen LogP contribution in [0, 0.1) is 17.8 Å². The maximum atomic E-state index is 12.1. The molecule has 0 bridgehead atoms. The van der Waals surface area contributed by atoms with E-state index in [0.717, 1.165) is 19.3 Å². The Bertz CT molecular complexity index is 427. The fourth-order valence-electron chi connectivity index (χ4n) is 3.41. The van der Waals surface area contributed by atoms with Crippen molar-refractivity contribution in [3.8, 4) is 0 Å². The van der Waals surface area contributed by atoms with Crippen molar-refractivity contribution < 1.29 is 19.1 Å². The van der Waals surface area contributed by atoms with Gasteiger partial charge in [-0.15, -0.1) is 0 Å². The van der Waals surface area contributed by atoms with Crippen molar-refractivity contribution in [2.24, 2.45) is 17.8 Å². The molecular formula is C17H26O4. The molecule has 0 aromatic rings. The van der Waals surface area contributed by atoms with E-state index in [1.807, 2.05) is 0 Å². The predicted octanol–water partition coefficient (Wildman–Crippen LogP) is 3.25. The molecule has 0 amide bonds. The van der Waals surface area contributed by atoms with Crippen molar-refractivity contribution in [1.82, 2.24) is 0 Å². The van der Waals surface area contributed by atoms with Crippen molar-refractivity contribution in [2.45, 2.75) is 65.1 Å². The zero-order chi connectivity index (χ0) is 15.6. The monoisotopic (exact) mass is 294 g/mol. The van der Waals surface area contributed by atoms with E-state index in [4.69, 9.17) is 9.47 Å². The van der Waals surface area contributed by atoms with Crippen molar-refractivity contribution in [3.05, 3.63) is 12.2 Å². The molecule has 0 heterocycles. The minimum absolute atomic E-state index is 0.0875. The second-order valence-electron chi connectivity index (χ2n) is 6.63. The van der Waals surface area contributed by atoms with Gasteiger partial charge in [-0.3, -0.25) is 4.79 Å². The molecule has 0 aliphatic heterocycles. The van der Waals surface area contributed by atoms with E-state index in [1.54, 1.807) is 20.8 Å². The summed E-state index contributed by atoms with van der Waals surface area (Å²) in [6, 6.07) is 0. The topological polar surface area (TPSA) is 52.6 Å². The van der Waals surface area contributed by atoms with Gasteiger partial charge in [-0.05, 0) is 25.7 Å². The van der Waals surface area contributed by atoms with E-state index in [2.05, 4.69) is 6.58 Å². The average Bonchev–Trinajstić information content (AvgIpc) is 2.75. The zero-order valence-electron chi connectivity index (χ0n) is 13.3. The van der Waals surface area contributed by atoms with Crippen LogP contribution in [0.15, 0.2) is 12.2 Å². The quantitative estimate of drug-likeness (QED) is 0.590. The number of carbonyl (C=O) groups excluding carboxylic acids is 2. The lowest BCUT2D eigenvalue weighted by Crippen LogP contribution is -2.34. The van der Waals surface area contributed by atoms with Crippen molar-refractivity contribution >= 4 is 11.9 Å². The SMILES string of the molecule is C=C1C[C@H](OC(=O)[C@H](C)OC(=O)C(C)C)[C@H]2CCCC[C@@H]12. The van der Waals surface area contributed by atoms with E-state index >= 15 is 0 Å². The summed E-state index contributed by atoms with van der Waals surface area (Å²) in [5.41, 5.74) is 1.21. The first-order valence-electron chi connectivity index (χ1n) is 7.98. The first kappa shape index (κ1) is 16.1. The second-order valence-corrected chi connectivity index (χ2v) is 6.63. The van der Waals surface area contributed by atoms with Gasteiger partial charge in [-0.2, -0.15) is 0 Å². The van der Waals surface area contributed by atoms with Gasteiger partial charge in [-0.25, -0.2) is 4.79 Å². The fraction of sp³-hybridized carbons (Fsp3) is 0.765. The fourth-order valence-corrected chi connectivity index (χ4v) is 3.41. The molecule has 2 rings (SSSR count). The molecule has 0 unspecified atom stereocenters. The maximum absolute atomic E-state index is 12.1. The summed E-state index contributed by atoms with van der Waals surface area (Å²) in [6.45, 7) is 9.20. The lowest BCUT2D eigenvalue weighted by molar-refractivity contribution is -0.173. The molecule has 2 fully saturated rings. The second kappa shape index (κ2) is 6.63. The lowest BCUT2D eigenvalue weighted by atomic mass is 9.80. The Hall–Kier alpha value is -1.32. The van der Waals surface area contributed by atoms with E-state index in [-0.39, 0.29) is 18.0 Å². The molecule has 4 atom stereocenters. The molecule has 2 aliphatic carbocycles. The number of hydrogen-bond acceptors (Lipinski definition) is 4. The van der Waals surface area contributed by atoms with Crippen LogP contribution in [0.1, 0.15) is 52.9 Å². The Morgan fingerprint density at radius 3 is 2.48 bits per heavy atom. The number of ether oxygens (including phenoxy) is 2. The minimum Gasteiger partial charge on any atom is -0.459 e. The van der Waals surface area contributed by atoms with Crippen LogP contribution in [0.4, 0.5) is 0 Å². The molecule has 0 radical (unpaired) electrons.